The summed E-state index contributed by atoms with van der Waals surface area (Å²) in [5, 5.41) is -1.07. The minimum atomic E-state index is -4.29. The molecular weight excluding hydrogens is 288 g/mol. The molecule has 1 aromatic carbocycles. The first-order chi connectivity index (χ1) is 8.68. The van der Waals surface area contributed by atoms with Gasteiger partial charge < -0.3 is 4.89 Å². The molecule has 1 atom stereocenters. The Labute approximate surface area is 114 Å². The maximum Gasteiger partial charge on any atom is 0.348 e. The van der Waals surface area contributed by atoms with Crippen molar-refractivity contribution in [1.29, 1.82) is 0 Å². The number of hydrogen-bond acceptors (Lipinski definition) is 4. The van der Waals surface area contributed by atoms with Crippen molar-refractivity contribution in [2.75, 3.05) is 0 Å². The van der Waals surface area contributed by atoms with E-state index in [1.807, 2.05) is 0 Å². The summed E-state index contributed by atoms with van der Waals surface area (Å²) >= 11 is 0. The molecule has 5 nitrogen and oxygen atoms in total. The van der Waals surface area contributed by atoms with E-state index >= 15 is 0 Å². The van der Waals surface area contributed by atoms with E-state index in [1.54, 1.807) is 26.8 Å². The molecule has 1 aromatic rings. The van der Waals surface area contributed by atoms with Crippen LogP contribution in [0, 0.1) is 0 Å². The van der Waals surface area contributed by atoms with Gasteiger partial charge in [-0.2, -0.15) is 12.4 Å². The Bertz CT molecular complexity index is 563. The highest BCUT2D eigenvalue weighted by Gasteiger charge is 2.45. The average Bonchev–Trinajstić information content (AvgIpc) is 2.37. The van der Waals surface area contributed by atoms with Crippen LogP contribution in [0.4, 0.5) is 0 Å². The van der Waals surface area contributed by atoms with Crippen molar-refractivity contribution in [2.24, 2.45) is 0 Å². The maximum absolute atomic E-state index is 12.2. The van der Waals surface area contributed by atoms with E-state index < -0.39 is 22.9 Å². The zero-order valence-corrected chi connectivity index (χ0v) is 12.9. The lowest BCUT2D eigenvalue weighted by Crippen LogP contribution is -2.25. The largest absolute Gasteiger partial charge is 0.348 e. The molecule has 0 aromatic heterocycles. The third kappa shape index (κ3) is 3.45. The van der Waals surface area contributed by atoms with Crippen LogP contribution in [0.25, 0.3) is 0 Å². The van der Waals surface area contributed by atoms with Crippen LogP contribution in [0.15, 0.2) is 35.2 Å². The molecule has 0 fully saturated rings. The van der Waals surface area contributed by atoms with E-state index in [1.165, 1.54) is 24.3 Å². The van der Waals surface area contributed by atoms with E-state index in [4.69, 9.17) is 0 Å². The van der Waals surface area contributed by atoms with Gasteiger partial charge in [0.2, 0.25) is 0 Å². The molecule has 0 saturated heterocycles. The monoisotopic (exact) mass is 307 g/mol. The Morgan fingerprint density at radius 1 is 1.21 bits per heavy atom. The quantitative estimate of drug-likeness (QED) is 0.816. The summed E-state index contributed by atoms with van der Waals surface area (Å²) in [4.78, 5) is 9.86. The summed E-state index contributed by atoms with van der Waals surface area (Å²) in [5.41, 5.74) is 0. The molecular formula is C12H19O5PS. The molecule has 0 amide bonds. The first-order valence-electron chi connectivity index (χ1n) is 6.02. The minimum Gasteiger partial charge on any atom is -0.323 e. The van der Waals surface area contributed by atoms with Crippen LogP contribution in [0.1, 0.15) is 33.6 Å². The zero-order valence-electron chi connectivity index (χ0n) is 11.2. The molecule has 0 heterocycles. The molecule has 19 heavy (non-hydrogen) atoms. The van der Waals surface area contributed by atoms with Gasteiger partial charge in [-0.15, -0.1) is 0 Å². The van der Waals surface area contributed by atoms with Crippen LogP contribution < -0.4 is 0 Å². The van der Waals surface area contributed by atoms with E-state index in [0.717, 1.165) is 0 Å². The SMILES string of the molecule is CCC(C)(CC)P(=O)(O)OS(=O)(=O)[13c]1ccccc1. The van der Waals surface area contributed by atoms with Crippen molar-refractivity contribution in [3.05, 3.63) is 30.3 Å². The second-order valence-electron chi connectivity index (χ2n) is 4.57. The van der Waals surface area contributed by atoms with Gasteiger partial charge in [-0.1, -0.05) is 32.0 Å². The first-order valence-corrected chi connectivity index (χ1v) is 9.01. The van der Waals surface area contributed by atoms with E-state index in [-0.39, 0.29) is 4.90 Å². The van der Waals surface area contributed by atoms with Crippen LogP contribution in [0.2, 0.25) is 0 Å². The minimum absolute atomic E-state index is 0.126. The first kappa shape index (κ1) is 16.4. The fraction of sp³-hybridized carbons (Fsp3) is 0.500. The van der Waals surface area contributed by atoms with Gasteiger partial charge in [0.25, 0.3) is 0 Å². The smallest absolute Gasteiger partial charge is 0.323 e. The van der Waals surface area contributed by atoms with Crippen molar-refractivity contribution < 1.29 is 21.8 Å². The van der Waals surface area contributed by atoms with Crippen LogP contribution in [0.5, 0.6) is 0 Å². The van der Waals surface area contributed by atoms with Crippen molar-refractivity contribution in [2.45, 2.75) is 43.7 Å². The zero-order chi connectivity index (χ0) is 14.7. The van der Waals surface area contributed by atoms with Crippen molar-refractivity contribution in [1.82, 2.24) is 0 Å². The molecule has 0 radical (unpaired) electrons. The third-order valence-electron chi connectivity index (χ3n) is 3.44. The summed E-state index contributed by atoms with van der Waals surface area (Å²) in [5.74, 6) is 0. The van der Waals surface area contributed by atoms with Gasteiger partial charge in [-0.25, -0.2) is 0 Å². The molecule has 0 aliphatic rings. The number of hydrogen-bond donors (Lipinski definition) is 1. The second kappa shape index (κ2) is 5.75. The fourth-order valence-corrected chi connectivity index (χ4v) is 4.92. The number of rotatable bonds is 6. The van der Waals surface area contributed by atoms with Gasteiger partial charge in [0.15, 0.2) is 0 Å². The van der Waals surface area contributed by atoms with Crippen molar-refractivity contribution in [3.63, 3.8) is 0 Å². The fourth-order valence-electron chi connectivity index (χ4n) is 1.50. The Balaban J connectivity index is 3.12. The molecule has 1 unspecified atom stereocenters. The van der Waals surface area contributed by atoms with Crippen molar-refractivity contribution >= 4 is 17.7 Å². The topological polar surface area (TPSA) is 80.7 Å². The van der Waals surface area contributed by atoms with E-state index in [2.05, 4.69) is 3.97 Å². The summed E-state index contributed by atoms with van der Waals surface area (Å²) in [6.07, 6.45) is 0.698. The highest BCUT2D eigenvalue weighted by Crippen LogP contribution is 2.60. The molecule has 0 bridgehead atoms. The lowest BCUT2D eigenvalue weighted by molar-refractivity contribution is 0.329. The van der Waals surface area contributed by atoms with Gasteiger partial charge in [-0.3, -0.25) is 4.57 Å². The van der Waals surface area contributed by atoms with Gasteiger partial charge in [-0.05, 0) is 31.9 Å². The molecule has 1 N–H and O–H groups in total. The maximum atomic E-state index is 12.2. The van der Waals surface area contributed by atoms with Crippen LogP contribution in [-0.2, 0) is 18.7 Å². The lowest BCUT2D eigenvalue weighted by Gasteiger charge is -2.30. The molecule has 0 aliphatic heterocycles. The Kier molecular flexibility index (Phi) is 4.96. The molecule has 0 saturated carbocycles. The lowest BCUT2D eigenvalue weighted by atomic mass is 10.1. The van der Waals surface area contributed by atoms with Gasteiger partial charge >= 0.3 is 17.7 Å². The Morgan fingerprint density at radius 3 is 2.11 bits per heavy atom. The summed E-state index contributed by atoms with van der Waals surface area (Å²) < 4.78 is 40.8. The normalized spacial score (nSPS) is 16.0. The van der Waals surface area contributed by atoms with Crippen LogP contribution >= 0.6 is 7.60 Å². The summed E-state index contributed by atoms with van der Waals surface area (Å²) in [7, 11) is -8.52. The van der Waals surface area contributed by atoms with E-state index in [0.29, 0.717) is 12.8 Å². The van der Waals surface area contributed by atoms with Gasteiger partial charge in [0.05, 0.1) is 10.1 Å². The number of benzene rings is 1. The van der Waals surface area contributed by atoms with Gasteiger partial charge in [0, 0.05) is 0 Å². The average molecular weight is 307 g/mol. The Hall–Kier alpha value is -0.680. The predicted molar refractivity (Wildman–Crippen MR) is 73.5 cm³/mol. The molecule has 108 valence electrons. The second-order valence-corrected chi connectivity index (χ2v) is 8.66. The van der Waals surface area contributed by atoms with Gasteiger partial charge in [0.1, 0.15) is 0 Å². The van der Waals surface area contributed by atoms with Crippen LogP contribution in [0.3, 0.4) is 0 Å². The molecule has 0 aliphatic carbocycles. The summed E-state index contributed by atoms with van der Waals surface area (Å²) in [6, 6.07) is 7.35. The Morgan fingerprint density at radius 2 is 1.68 bits per heavy atom. The standard InChI is InChI=1S/C12H19O5PS/c1-4-12(3,5-2)18(13,14)17-19(15,16)11-9-7-6-8-10-11/h6-10H,4-5H2,1-3H3,(H,13,14)/i11+1. The summed E-state index contributed by atoms with van der Waals surface area (Å²) in [6.45, 7) is 5.00. The molecule has 7 heteroatoms. The van der Waals surface area contributed by atoms with Crippen molar-refractivity contribution in [3.8, 4) is 0 Å². The van der Waals surface area contributed by atoms with E-state index in [9.17, 15) is 17.9 Å². The third-order valence-corrected chi connectivity index (χ3v) is 7.88. The predicted octanol–water partition coefficient (Wildman–Crippen LogP) is 3.16. The molecule has 1 rings (SSSR count). The molecule has 0 spiro atoms. The van der Waals surface area contributed by atoms with Crippen LogP contribution in [-0.4, -0.2) is 18.5 Å². The highest BCUT2D eigenvalue weighted by molar-refractivity contribution is 7.91. The highest BCUT2D eigenvalue weighted by atomic mass is 32.2.